The van der Waals surface area contributed by atoms with Crippen LogP contribution in [0.2, 0.25) is 0 Å². The van der Waals surface area contributed by atoms with Crippen LogP contribution in [0.4, 0.5) is 0 Å². The van der Waals surface area contributed by atoms with Crippen molar-refractivity contribution >= 4 is 28.5 Å². The van der Waals surface area contributed by atoms with Gasteiger partial charge >= 0.3 is 0 Å². The Bertz CT molecular complexity index is 563. The Balaban J connectivity index is 2.00. The fraction of sp³-hybridized carbons (Fsp3) is 0.467. The van der Waals surface area contributed by atoms with Gasteiger partial charge in [-0.25, -0.2) is 0 Å². The van der Waals surface area contributed by atoms with Crippen molar-refractivity contribution in [2.75, 3.05) is 26.2 Å². The highest BCUT2D eigenvalue weighted by atomic mass is 127. The third-order valence-corrected chi connectivity index (χ3v) is 4.68. The number of hydrogen-bond donors (Lipinski definition) is 1. The molecule has 0 aromatic heterocycles. The quantitative estimate of drug-likeness (QED) is 0.791. The zero-order valence-electron chi connectivity index (χ0n) is 11.9. The van der Waals surface area contributed by atoms with Crippen LogP contribution in [0.25, 0.3) is 0 Å². The maximum Gasteiger partial charge on any atom is 0.254 e. The van der Waals surface area contributed by atoms with E-state index >= 15 is 0 Å². The summed E-state index contributed by atoms with van der Waals surface area (Å²) in [6.45, 7) is 4.66. The molecule has 6 heteroatoms. The van der Waals surface area contributed by atoms with Crippen LogP contribution in [-0.4, -0.2) is 53.0 Å². The van der Waals surface area contributed by atoms with Gasteiger partial charge in [-0.2, -0.15) is 5.26 Å². The zero-order chi connectivity index (χ0) is 15.4. The molecule has 0 radical (unpaired) electrons. The maximum atomic E-state index is 12.4. The number of phenolic OH excluding ortho intramolecular Hbond substituents is 1. The lowest BCUT2D eigenvalue weighted by molar-refractivity contribution is 0.0604. The molecule has 0 aliphatic carbocycles. The fourth-order valence-corrected chi connectivity index (χ4v) is 2.83. The third-order valence-electron chi connectivity index (χ3n) is 3.77. The predicted molar refractivity (Wildman–Crippen MR) is 88.0 cm³/mol. The van der Waals surface area contributed by atoms with Gasteiger partial charge in [0.15, 0.2) is 0 Å². The molecule has 1 atom stereocenters. The van der Waals surface area contributed by atoms with Crippen molar-refractivity contribution in [1.29, 1.82) is 5.26 Å². The second-order valence-electron chi connectivity index (χ2n) is 5.05. The van der Waals surface area contributed by atoms with Crippen molar-refractivity contribution in [3.05, 3.63) is 27.3 Å². The highest BCUT2D eigenvalue weighted by molar-refractivity contribution is 14.1. The number of hydrogen-bond acceptors (Lipinski definition) is 4. The summed E-state index contributed by atoms with van der Waals surface area (Å²) in [6, 6.07) is 7.22. The first-order valence-corrected chi connectivity index (χ1v) is 8.06. The summed E-state index contributed by atoms with van der Waals surface area (Å²) in [5, 5.41) is 18.8. The predicted octanol–water partition coefficient (Wildman–Crippen LogP) is 2.06. The third kappa shape index (κ3) is 3.66. The number of rotatable bonds is 3. The van der Waals surface area contributed by atoms with Crippen LogP contribution in [0.1, 0.15) is 23.7 Å². The number of nitrogens with zero attached hydrogens (tertiary/aromatic N) is 3. The summed E-state index contributed by atoms with van der Waals surface area (Å²) >= 11 is 2.02. The van der Waals surface area contributed by atoms with Crippen molar-refractivity contribution < 1.29 is 9.90 Å². The Labute approximate surface area is 138 Å². The number of aromatic hydroxyl groups is 1. The number of piperazine rings is 1. The van der Waals surface area contributed by atoms with Crippen LogP contribution in [0.15, 0.2) is 18.2 Å². The van der Waals surface area contributed by atoms with E-state index in [1.165, 1.54) is 6.07 Å². The van der Waals surface area contributed by atoms with E-state index in [0.717, 1.165) is 9.99 Å². The van der Waals surface area contributed by atoms with Gasteiger partial charge in [0.2, 0.25) is 0 Å². The average Bonchev–Trinajstić information content (AvgIpc) is 2.51. The lowest BCUT2D eigenvalue weighted by atomic mass is 10.1. The molecule has 21 heavy (non-hydrogen) atoms. The number of phenols is 1. The number of benzene rings is 1. The number of halogens is 1. The van der Waals surface area contributed by atoms with Crippen LogP contribution in [0.3, 0.4) is 0 Å². The molecule has 2 rings (SSSR count). The van der Waals surface area contributed by atoms with Crippen LogP contribution in [-0.2, 0) is 0 Å². The topological polar surface area (TPSA) is 67.6 Å². The standard InChI is InChI=1S/C15H18IN3O2/c1-2-12(10-17)18-5-7-19(8-6-18)15(21)11-3-4-13(16)14(20)9-11/h3-4,9,12,20H,2,5-8H2,1H3. The molecule has 0 saturated carbocycles. The summed E-state index contributed by atoms with van der Waals surface area (Å²) in [6.07, 6.45) is 0.801. The Morgan fingerprint density at radius 1 is 1.43 bits per heavy atom. The highest BCUT2D eigenvalue weighted by Crippen LogP contribution is 2.22. The molecule has 1 aromatic carbocycles. The van der Waals surface area contributed by atoms with Gasteiger partial charge in [-0.3, -0.25) is 9.69 Å². The van der Waals surface area contributed by atoms with Crippen molar-refractivity contribution in [3.8, 4) is 11.8 Å². The van der Waals surface area contributed by atoms with Crippen LogP contribution >= 0.6 is 22.6 Å². The molecule has 0 bridgehead atoms. The molecule has 1 aliphatic rings. The van der Waals surface area contributed by atoms with Crippen LogP contribution in [0.5, 0.6) is 5.75 Å². The second kappa shape index (κ2) is 7.09. The van der Waals surface area contributed by atoms with Gasteiger partial charge < -0.3 is 10.0 Å². The molecule has 112 valence electrons. The Kier molecular flexibility index (Phi) is 5.42. The van der Waals surface area contributed by atoms with E-state index < -0.39 is 0 Å². The lowest BCUT2D eigenvalue weighted by Gasteiger charge is -2.36. The molecular weight excluding hydrogens is 381 g/mol. The van der Waals surface area contributed by atoms with Gasteiger partial charge in [0.1, 0.15) is 5.75 Å². The van der Waals surface area contributed by atoms with Gasteiger partial charge in [0, 0.05) is 31.7 Å². The SMILES string of the molecule is CCC(C#N)N1CCN(C(=O)c2ccc(I)c(O)c2)CC1. The summed E-state index contributed by atoms with van der Waals surface area (Å²) in [5.41, 5.74) is 0.508. The molecular formula is C15H18IN3O2. The van der Waals surface area contributed by atoms with E-state index in [1.807, 2.05) is 29.5 Å². The summed E-state index contributed by atoms with van der Waals surface area (Å²) in [4.78, 5) is 16.3. The van der Waals surface area contributed by atoms with Crippen molar-refractivity contribution in [1.82, 2.24) is 9.80 Å². The zero-order valence-corrected chi connectivity index (χ0v) is 14.1. The van der Waals surface area contributed by atoms with E-state index in [9.17, 15) is 9.90 Å². The van der Waals surface area contributed by atoms with Crippen LogP contribution in [0, 0.1) is 14.9 Å². The number of nitriles is 1. The molecule has 1 unspecified atom stereocenters. The Morgan fingerprint density at radius 2 is 2.10 bits per heavy atom. The second-order valence-corrected chi connectivity index (χ2v) is 6.21. The highest BCUT2D eigenvalue weighted by Gasteiger charge is 2.25. The molecule has 1 aliphatic heterocycles. The molecule has 1 fully saturated rings. The normalized spacial score (nSPS) is 17.3. The molecule has 1 amide bonds. The van der Waals surface area contributed by atoms with E-state index in [2.05, 4.69) is 11.0 Å². The van der Waals surface area contributed by atoms with Gasteiger partial charge in [0.05, 0.1) is 15.7 Å². The Hall–Kier alpha value is -1.33. The smallest absolute Gasteiger partial charge is 0.254 e. The molecule has 1 N–H and O–H groups in total. The van der Waals surface area contributed by atoms with Gasteiger partial charge in [-0.05, 0) is 47.2 Å². The van der Waals surface area contributed by atoms with E-state index in [1.54, 1.807) is 17.0 Å². The molecule has 5 nitrogen and oxygen atoms in total. The summed E-state index contributed by atoms with van der Waals surface area (Å²) < 4.78 is 0.730. The van der Waals surface area contributed by atoms with E-state index in [4.69, 9.17) is 5.26 Å². The van der Waals surface area contributed by atoms with Gasteiger partial charge in [-0.1, -0.05) is 6.92 Å². The number of amides is 1. The molecule has 0 spiro atoms. The van der Waals surface area contributed by atoms with E-state index in [-0.39, 0.29) is 17.7 Å². The largest absolute Gasteiger partial charge is 0.507 e. The average molecular weight is 399 g/mol. The lowest BCUT2D eigenvalue weighted by Crippen LogP contribution is -2.51. The summed E-state index contributed by atoms with van der Waals surface area (Å²) in [5.74, 6) is 0.0713. The minimum Gasteiger partial charge on any atom is -0.507 e. The number of carbonyl (C=O) groups excluding carboxylic acids is 1. The fourth-order valence-electron chi connectivity index (χ4n) is 2.50. The van der Waals surface area contributed by atoms with Crippen LogP contribution < -0.4 is 0 Å². The van der Waals surface area contributed by atoms with E-state index in [0.29, 0.717) is 31.7 Å². The Morgan fingerprint density at radius 3 is 2.62 bits per heavy atom. The first kappa shape index (κ1) is 16.0. The monoisotopic (exact) mass is 399 g/mol. The minimum atomic E-state index is -0.0652. The van der Waals surface area contributed by atoms with Crippen molar-refractivity contribution in [2.24, 2.45) is 0 Å². The maximum absolute atomic E-state index is 12.4. The minimum absolute atomic E-state index is 0.0636. The first-order valence-electron chi connectivity index (χ1n) is 6.98. The molecule has 1 aromatic rings. The summed E-state index contributed by atoms with van der Waals surface area (Å²) in [7, 11) is 0. The van der Waals surface area contributed by atoms with Crippen molar-refractivity contribution in [2.45, 2.75) is 19.4 Å². The first-order chi connectivity index (χ1) is 10.1. The molecule has 1 heterocycles. The molecule has 1 saturated heterocycles. The van der Waals surface area contributed by atoms with Crippen molar-refractivity contribution in [3.63, 3.8) is 0 Å². The van der Waals surface area contributed by atoms with Gasteiger partial charge in [0.25, 0.3) is 5.91 Å². The number of carbonyl (C=O) groups is 1. The van der Waals surface area contributed by atoms with Gasteiger partial charge in [-0.15, -0.1) is 0 Å².